The van der Waals surface area contributed by atoms with E-state index in [9.17, 15) is 14.6 Å². The van der Waals surface area contributed by atoms with Crippen LogP contribution in [0.5, 0.6) is 5.75 Å². The Labute approximate surface area is 127 Å². The van der Waals surface area contributed by atoms with Crippen molar-refractivity contribution in [3.63, 3.8) is 0 Å². The van der Waals surface area contributed by atoms with E-state index >= 15 is 0 Å². The van der Waals surface area contributed by atoms with Gasteiger partial charge < -0.3 is 20.1 Å². The zero-order valence-electron chi connectivity index (χ0n) is 11.8. The van der Waals surface area contributed by atoms with Crippen LogP contribution >= 0.6 is 0 Å². The number of carbonyl (C=O) groups excluding carboxylic acids is 1. The van der Waals surface area contributed by atoms with Crippen LogP contribution in [0.15, 0.2) is 18.2 Å². The van der Waals surface area contributed by atoms with Crippen LogP contribution in [0.4, 0.5) is 0 Å². The van der Waals surface area contributed by atoms with Crippen LogP contribution in [-0.2, 0) is 11.2 Å². The summed E-state index contributed by atoms with van der Waals surface area (Å²) in [5, 5.41) is 30.1. The number of nitrogens with one attached hydrogen (secondary N) is 1. The summed E-state index contributed by atoms with van der Waals surface area (Å²) in [5.41, 5.74) is 0.600. The lowest BCUT2D eigenvalue weighted by atomic mass is 9.72. The Bertz CT molecular complexity index is 628. The molecule has 1 aromatic carbocycles. The monoisotopic (exact) mass is 302 g/mol. The van der Waals surface area contributed by atoms with Gasteiger partial charge in [0.1, 0.15) is 5.75 Å². The van der Waals surface area contributed by atoms with Crippen molar-refractivity contribution in [2.45, 2.75) is 31.6 Å². The molecule has 1 aliphatic heterocycles. The van der Waals surface area contributed by atoms with Crippen LogP contribution in [0.1, 0.15) is 35.2 Å². The first-order chi connectivity index (χ1) is 10.5. The van der Waals surface area contributed by atoms with E-state index in [1.807, 2.05) is 6.07 Å². The summed E-state index contributed by atoms with van der Waals surface area (Å²) >= 11 is 0. The molecule has 1 aliphatic rings. The maximum Gasteiger partial charge on any atom is 0.547 e. The molecule has 0 saturated carbocycles. The van der Waals surface area contributed by atoms with Crippen LogP contribution in [0.2, 0.25) is 0 Å². The highest BCUT2D eigenvalue weighted by Gasteiger charge is 2.37. The van der Waals surface area contributed by atoms with Gasteiger partial charge in [-0.3, -0.25) is 4.79 Å². The summed E-state index contributed by atoms with van der Waals surface area (Å²) in [6, 6.07) is 6.64. The number of nitrogens with zero attached hydrogens (tertiary/aromatic N) is 1. The standard InChI is InChI=1S/C14H15BN2O5/c16-7-2-1-6-12(18)17-11-8-9-4-3-5-10(14(19)20)13(9)22-15(11)21/h3-5,11,21H,1-2,6,8H2,(H,17,18)(H,19,20). The number of rotatable bonds is 5. The third-order valence-corrected chi connectivity index (χ3v) is 3.39. The van der Waals surface area contributed by atoms with Crippen LogP contribution in [0.25, 0.3) is 0 Å². The molecule has 0 aromatic heterocycles. The fraction of sp³-hybridized carbons (Fsp3) is 0.357. The van der Waals surface area contributed by atoms with Gasteiger partial charge in [0, 0.05) is 12.8 Å². The largest absolute Gasteiger partial charge is 0.547 e. The molecule has 0 spiro atoms. The number of carboxylic acids is 1. The number of nitriles is 1. The predicted octanol–water partition coefficient (Wildman–Crippen LogP) is 0.518. The van der Waals surface area contributed by atoms with Gasteiger partial charge in [-0.05, 0) is 24.5 Å². The molecule has 114 valence electrons. The minimum absolute atomic E-state index is 0.0182. The van der Waals surface area contributed by atoms with Crippen molar-refractivity contribution in [1.82, 2.24) is 5.32 Å². The van der Waals surface area contributed by atoms with E-state index in [0.717, 1.165) is 0 Å². The fourth-order valence-electron chi connectivity index (χ4n) is 2.32. The third kappa shape index (κ3) is 3.57. The number of fused-ring (bicyclic) bond motifs is 1. The Kier molecular flexibility index (Phi) is 5.01. The molecule has 1 atom stereocenters. The molecule has 22 heavy (non-hydrogen) atoms. The first kappa shape index (κ1) is 15.9. The maximum absolute atomic E-state index is 11.7. The maximum atomic E-state index is 11.7. The van der Waals surface area contributed by atoms with Crippen LogP contribution in [0.3, 0.4) is 0 Å². The van der Waals surface area contributed by atoms with E-state index in [2.05, 4.69) is 5.32 Å². The van der Waals surface area contributed by atoms with Gasteiger partial charge in [0.25, 0.3) is 0 Å². The number of para-hydroxylation sites is 1. The highest BCUT2D eigenvalue weighted by molar-refractivity contribution is 6.47. The van der Waals surface area contributed by atoms with Crippen LogP contribution in [-0.4, -0.2) is 35.1 Å². The number of hydrogen-bond acceptors (Lipinski definition) is 5. The second-order valence-electron chi connectivity index (χ2n) is 5.00. The number of carboxylic acid groups (broad SMARTS) is 1. The Morgan fingerprint density at radius 3 is 2.95 bits per heavy atom. The van der Waals surface area contributed by atoms with Crippen LogP contribution < -0.4 is 9.97 Å². The molecule has 0 aliphatic carbocycles. The number of benzene rings is 1. The lowest BCUT2D eigenvalue weighted by Gasteiger charge is -2.28. The highest BCUT2D eigenvalue weighted by atomic mass is 16.5. The van der Waals surface area contributed by atoms with Gasteiger partial charge in [0.05, 0.1) is 17.6 Å². The van der Waals surface area contributed by atoms with E-state index in [-0.39, 0.29) is 30.1 Å². The molecule has 7 nitrogen and oxygen atoms in total. The van der Waals surface area contributed by atoms with Gasteiger partial charge >= 0.3 is 13.1 Å². The molecule has 0 radical (unpaired) electrons. The summed E-state index contributed by atoms with van der Waals surface area (Å²) in [7, 11) is -1.31. The van der Waals surface area contributed by atoms with Crippen molar-refractivity contribution in [1.29, 1.82) is 5.26 Å². The summed E-state index contributed by atoms with van der Waals surface area (Å²) in [4.78, 5) is 22.9. The quantitative estimate of drug-likeness (QED) is 0.538. The second kappa shape index (κ2) is 6.96. The molecule has 0 bridgehead atoms. The van der Waals surface area contributed by atoms with Gasteiger partial charge in [0.2, 0.25) is 5.91 Å². The molecule has 1 amide bonds. The lowest BCUT2D eigenvalue weighted by molar-refractivity contribution is -0.121. The molecule has 0 fully saturated rings. The molecular weight excluding hydrogens is 287 g/mol. The Balaban J connectivity index is 2.06. The first-order valence-electron chi connectivity index (χ1n) is 6.89. The molecule has 1 heterocycles. The third-order valence-electron chi connectivity index (χ3n) is 3.39. The molecule has 3 N–H and O–H groups in total. The van der Waals surface area contributed by atoms with E-state index in [4.69, 9.17) is 15.0 Å². The van der Waals surface area contributed by atoms with Gasteiger partial charge in [0.15, 0.2) is 0 Å². The molecule has 8 heteroatoms. The average molecular weight is 302 g/mol. The number of amides is 1. The highest BCUT2D eigenvalue weighted by Crippen LogP contribution is 2.30. The van der Waals surface area contributed by atoms with E-state index in [1.165, 1.54) is 6.07 Å². The smallest absolute Gasteiger partial charge is 0.534 e. The number of unbranched alkanes of at least 4 members (excludes halogenated alkanes) is 1. The van der Waals surface area contributed by atoms with Crippen molar-refractivity contribution in [2.75, 3.05) is 0 Å². The van der Waals surface area contributed by atoms with Gasteiger partial charge in [-0.2, -0.15) is 5.26 Å². The Morgan fingerprint density at radius 1 is 1.50 bits per heavy atom. The molecule has 2 rings (SSSR count). The predicted molar refractivity (Wildman–Crippen MR) is 77.1 cm³/mol. The van der Waals surface area contributed by atoms with Crippen molar-refractivity contribution < 1.29 is 24.4 Å². The van der Waals surface area contributed by atoms with E-state index in [0.29, 0.717) is 18.4 Å². The normalized spacial score (nSPS) is 16.2. The van der Waals surface area contributed by atoms with Gasteiger partial charge in [-0.15, -0.1) is 0 Å². The van der Waals surface area contributed by atoms with Crippen molar-refractivity contribution in [3.05, 3.63) is 29.3 Å². The average Bonchev–Trinajstić information content (AvgIpc) is 2.47. The van der Waals surface area contributed by atoms with E-state index < -0.39 is 19.0 Å². The van der Waals surface area contributed by atoms with Gasteiger partial charge in [-0.25, -0.2) is 4.79 Å². The first-order valence-corrected chi connectivity index (χ1v) is 6.89. The SMILES string of the molecule is N#CCCCC(=O)NC1Cc2cccc(C(=O)O)c2OB1O. The van der Waals surface area contributed by atoms with Crippen molar-refractivity contribution >= 4 is 19.0 Å². The molecule has 0 saturated heterocycles. The van der Waals surface area contributed by atoms with Crippen molar-refractivity contribution in [3.8, 4) is 11.8 Å². The minimum atomic E-state index is -1.31. The summed E-state index contributed by atoms with van der Waals surface area (Å²) < 4.78 is 5.27. The number of carbonyl (C=O) groups is 2. The zero-order chi connectivity index (χ0) is 16.1. The Hall–Kier alpha value is -2.53. The molecular formula is C14H15BN2O5. The number of aromatic carboxylic acids is 1. The van der Waals surface area contributed by atoms with E-state index in [1.54, 1.807) is 12.1 Å². The lowest BCUT2D eigenvalue weighted by Crippen LogP contribution is -2.53. The topological polar surface area (TPSA) is 120 Å². The summed E-state index contributed by atoms with van der Waals surface area (Å²) in [5.74, 6) is -1.92. The minimum Gasteiger partial charge on any atom is -0.534 e. The zero-order valence-corrected chi connectivity index (χ0v) is 11.8. The second-order valence-corrected chi connectivity index (χ2v) is 5.00. The summed E-state index contributed by atoms with van der Waals surface area (Å²) in [6.45, 7) is 0. The molecule has 1 aromatic rings. The van der Waals surface area contributed by atoms with Crippen LogP contribution in [0, 0.1) is 11.3 Å². The summed E-state index contributed by atoms with van der Waals surface area (Å²) in [6.07, 6.45) is 1.22. The van der Waals surface area contributed by atoms with Gasteiger partial charge in [-0.1, -0.05) is 12.1 Å². The molecule has 1 unspecified atom stereocenters. The number of hydrogen-bond donors (Lipinski definition) is 3. The van der Waals surface area contributed by atoms with Crippen molar-refractivity contribution in [2.24, 2.45) is 0 Å². The fourth-order valence-corrected chi connectivity index (χ4v) is 2.32. The Morgan fingerprint density at radius 2 is 2.27 bits per heavy atom.